The van der Waals surface area contributed by atoms with E-state index in [2.05, 4.69) is 31.2 Å². The molecule has 1 fully saturated rings. The fourth-order valence-electron chi connectivity index (χ4n) is 3.03. The van der Waals surface area contributed by atoms with E-state index in [1.807, 2.05) is 19.1 Å². The Labute approximate surface area is 144 Å². The minimum Gasteiger partial charge on any atom is -0.306 e. The Kier molecular flexibility index (Phi) is 4.07. The molecule has 3 aromatic rings. The number of pyridine rings is 1. The molecule has 0 aliphatic carbocycles. The summed E-state index contributed by atoms with van der Waals surface area (Å²) in [6.07, 6.45) is 5.69. The average Bonchev–Trinajstić information content (AvgIpc) is 3.22. The van der Waals surface area contributed by atoms with Crippen molar-refractivity contribution in [2.24, 2.45) is 0 Å². The van der Waals surface area contributed by atoms with Gasteiger partial charge in [0.05, 0.1) is 11.7 Å². The maximum absolute atomic E-state index is 4.84. The largest absolute Gasteiger partial charge is 0.306 e. The van der Waals surface area contributed by atoms with Crippen molar-refractivity contribution in [2.75, 3.05) is 20.1 Å². The molecule has 0 spiro atoms. The molecule has 8 heteroatoms. The molecule has 0 saturated carbocycles. The molecule has 4 heterocycles. The predicted molar refractivity (Wildman–Crippen MR) is 92.7 cm³/mol. The third-order valence-corrected chi connectivity index (χ3v) is 5.28. The third kappa shape index (κ3) is 2.83. The van der Waals surface area contributed by atoms with Gasteiger partial charge in [-0.3, -0.25) is 4.98 Å². The first kappa shape index (κ1) is 15.3. The predicted octanol–water partition coefficient (Wildman–Crippen LogP) is 2.43. The van der Waals surface area contributed by atoms with Crippen molar-refractivity contribution in [2.45, 2.75) is 25.8 Å². The Bertz CT molecular complexity index is 818. The van der Waals surface area contributed by atoms with Gasteiger partial charge in [0.25, 0.3) is 0 Å². The summed E-state index contributed by atoms with van der Waals surface area (Å²) < 4.78 is 6.16. The van der Waals surface area contributed by atoms with E-state index in [0.717, 1.165) is 53.7 Å². The highest BCUT2D eigenvalue weighted by Gasteiger charge is 2.25. The second-order valence-electron chi connectivity index (χ2n) is 6.16. The van der Waals surface area contributed by atoms with E-state index >= 15 is 0 Å². The quantitative estimate of drug-likeness (QED) is 0.728. The highest BCUT2D eigenvalue weighted by Crippen LogP contribution is 2.32. The van der Waals surface area contributed by atoms with E-state index in [1.54, 1.807) is 12.4 Å². The van der Waals surface area contributed by atoms with Gasteiger partial charge in [-0.05, 0) is 63.6 Å². The topological polar surface area (TPSA) is 72.6 Å². The van der Waals surface area contributed by atoms with Crippen molar-refractivity contribution < 1.29 is 0 Å². The first-order valence-electron chi connectivity index (χ1n) is 8.07. The lowest BCUT2D eigenvalue weighted by Gasteiger charge is -2.29. The summed E-state index contributed by atoms with van der Waals surface area (Å²) in [5.74, 6) is 1.61. The van der Waals surface area contributed by atoms with Gasteiger partial charge >= 0.3 is 0 Å². The normalized spacial score (nSPS) is 16.6. The molecule has 0 bridgehead atoms. The van der Waals surface area contributed by atoms with Crippen molar-refractivity contribution in [1.82, 2.24) is 34.2 Å². The fraction of sp³-hybridized carbons (Fsp3) is 0.438. The van der Waals surface area contributed by atoms with E-state index in [9.17, 15) is 0 Å². The summed E-state index contributed by atoms with van der Waals surface area (Å²) in [6.45, 7) is 4.13. The molecule has 0 amide bonds. The van der Waals surface area contributed by atoms with E-state index in [0.29, 0.717) is 6.04 Å². The molecule has 24 heavy (non-hydrogen) atoms. The van der Waals surface area contributed by atoms with Crippen LogP contribution in [0, 0.1) is 6.92 Å². The van der Waals surface area contributed by atoms with Gasteiger partial charge in [-0.25, -0.2) is 9.67 Å². The van der Waals surface area contributed by atoms with Crippen LogP contribution in [-0.2, 0) is 0 Å². The summed E-state index contributed by atoms with van der Waals surface area (Å²) in [5, 5.41) is 8.98. The number of hydrogen-bond donors (Lipinski definition) is 0. The smallest absolute Gasteiger partial charge is 0.181 e. The van der Waals surface area contributed by atoms with Crippen molar-refractivity contribution in [3.8, 4) is 22.1 Å². The lowest BCUT2D eigenvalue weighted by atomic mass is 10.1. The Balaban J connectivity index is 1.78. The van der Waals surface area contributed by atoms with E-state index in [4.69, 9.17) is 10.1 Å². The highest BCUT2D eigenvalue weighted by atomic mass is 32.1. The monoisotopic (exact) mass is 341 g/mol. The molecule has 4 rings (SSSR count). The fourth-order valence-corrected chi connectivity index (χ4v) is 3.67. The molecule has 1 aliphatic heterocycles. The molecule has 7 nitrogen and oxygen atoms in total. The van der Waals surface area contributed by atoms with Crippen LogP contribution in [0.4, 0.5) is 0 Å². The Hall–Kier alpha value is -2.19. The summed E-state index contributed by atoms with van der Waals surface area (Å²) in [7, 11) is 2.16. The standard InChI is InChI=1S/C16H19N7S/c1-11-14(24-21-19-11)16-18-15(12-3-7-17-8-4-12)20-23(16)13-5-9-22(2)10-6-13/h3-4,7-8,13H,5-6,9-10H2,1-2H3. The zero-order valence-corrected chi connectivity index (χ0v) is 14.6. The van der Waals surface area contributed by atoms with Gasteiger partial charge in [-0.15, -0.1) is 5.10 Å². The number of aryl methyl sites for hydroxylation is 1. The highest BCUT2D eigenvalue weighted by molar-refractivity contribution is 7.09. The zero-order valence-electron chi connectivity index (χ0n) is 13.8. The van der Waals surface area contributed by atoms with Crippen LogP contribution in [0.25, 0.3) is 22.1 Å². The van der Waals surface area contributed by atoms with E-state index in [-0.39, 0.29) is 0 Å². The zero-order chi connectivity index (χ0) is 16.5. The molecule has 1 aliphatic rings. The van der Waals surface area contributed by atoms with Gasteiger partial charge < -0.3 is 4.90 Å². The molecule has 0 N–H and O–H groups in total. The van der Waals surface area contributed by atoms with Gasteiger partial charge in [-0.1, -0.05) is 4.49 Å². The number of rotatable bonds is 3. The molecule has 3 aromatic heterocycles. The van der Waals surface area contributed by atoms with Gasteiger partial charge in [0.2, 0.25) is 0 Å². The Morgan fingerprint density at radius 3 is 2.58 bits per heavy atom. The van der Waals surface area contributed by atoms with Crippen molar-refractivity contribution in [1.29, 1.82) is 0 Å². The average molecular weight is 341 g/mol. The first-order valence-corrected chi connectivity index (χ1v) is 8.84. The number of hydrogen-bond acceptors (Lipinski definition) is 7. The summed E-state index contributed by atoms with van der Waals surface area (Å²) in [4.78, 5) is 12.3. The van der Waals surface area contributed by atoms with Gasteiger partial charge in [0, 0.05) is 18.0 Å². The lowest BCUT2D eigenvalue weighted by molar-refractivity contribution is 0.213. The second-order valence-corrected chi connectivity index (χ2v) is 6.92. The molecular formula is C16H19N7S. The molecule has 0 aromatic carbocycles. The van der Waals surface area contributed by atoms with Crippen LogP contribution in [0.2, 0.25) is 0 Å². The molecular weight excluding hydrogens is 322 g/mol. The summed E-state index contributed by atoms with van der Waals surface area (Å²) >= 11 is 1.38. The minimum atomic E-state index is 0.362. The molecule has 0 radical (unpaired) electrons. The van der Waals surface area contributed by atoms with Crippen LogP contribution < -0.4 is 0 Å². The first-order chi connectivity index (χ1) is 11.7. The molecule has 124 valence electrons. The van der Waals surface area contributed by atoms with Crippen LogP contribution in [0.3, 0.4) is 0 Å². The van der Waals surface area contributed by atoms with Crippen molar-refractivity contribution >= 4 is 11.5 Å². The van der Waals surface area contributed by atoms with Crippen LogP contribution in [0.5, 0.6) is 0 Å². The van der Waals surface area contributed by atoms with Crippen LogP contribution in [-0.4, -0.2) is 54.4 Å². The maximum atomic E-state index is 4.84. The van der Waals surface area contributed by atoms with Gasteiger partial charge in [0.1, 0.15) is 4.88 Å². The van der Waals surface area contributed by atoms with Gasteiger partial charge in [0.15, 0.2) is 11.6 Å². The summed E-state index contributed by atoms with van der Waals surface area (Å²) in [5.41, 5.74) is 1.89. The minimum absolute atomic E-state index is 0.362. The van der Waals surface area contributed by atoms with Crippen LogP contribution >= 0.6 is 11.5 Å². The number of aromatic nitrogens is 6. The molecule has 0 atom stereocenters. The van der Waals surface area contributed by atoms with Gasteiger partial charge in [-0.2, -0.15) is 5.10 Å². The molecule has 0 unspecified atom stereocenters. The lowest BCUT2D eigenvalue weighted by Crippen LogP contribution is -2.32. The SMILES string of the molecule is Cc1nnsc1-c1nc(-c2ccncc2)nn1C1CCN(C)CC1. The van der Waals surface area contributed by atoms with Crippen LogP contribution in [0.15, 0.2) is 24.5 Å². The maximum Gasteiger partial charge on any atom is 0.181 e. The number of nitrogens with zero attached hydrogens (tertiary/aromatic N) is 7. The van der Waals surface area contributed by atoms with Crippen molar-refractivity contribution in [3.63, 3.8) is 0 Å². The number of likely N-dealkylation sites (tertiary alicyclic amines) is 1. The Morgan fingerprint density at radius 1 is 1.17 bits per heavy atom. The second kappa shape index (κ2) is 6.37. The third-order valence-electron chi connectivity index (χ3n) is 4.46. The number of piperidine rings is 1. The van der Waals surface area contributed by atoms with E-state index in [1.165, 1.54) is 11.5 Å². The van der Waals surface area contributed by atoms with Crippen molar-refractivity contribution in [3.05, 3.63) is 30.2 Å². The van der Waals surface area contributed by atoms with Crippen LogP contribution in [0.1, 0.15) is 24.6 Å². The van der Waals surface area contributed by atoms with E-state index < -0.39 is 0 Å². The Morgan fingerprint density at radius 2 is 1.92 bits per heavy atom. The summed E-state index contributed by atoms with van der Waals surface area (Å²) in [6, 6.07) is 4.24. The molecule has 1 saturated heterocycles.